The van der Waals surface area contributed by atoms with Crippen molar-refractivity contribution in [3.05, 3.63) is 27.7 Å². The molecule has 0 heterocycles. The van der Waals surface area contributed by atoms with Gasteiger partial charge in [0.25, 0.3) is 0 Å². The number of phenols is 1. The number of rotatable bonds is 3. The van der Waals surface area contributed by atoms with Gasteiger partial charge in [-0.05, 0) is 53.9 Å². The molecule has 2 heteroatoms. The van der Waals surface area contributed by atoms with Gasteiger partial charge in [0.05, 0.1) is 0 Å². The molecule has 2 rings (SSSR count). The Balaban J connectivity index is 2.43. The third kappa shape index (κ3) is 2.27. The van der Waals surface area contributed by atoms with E-state index in [4.69, 9.17) is 0 Å². The average Bonchev–Trinajstić information content (AvgIpc) is 3.03. The maximum Gasteiger partial charge on any atom is 0.122 e. The van der Waals surface area contributed by atoms with Gasteiger partial charge in [0.2, 0.25) is 0 Å². The van der Waals surface area contributed by atoms with Gasteiger partial charge in [-0.2, -0.15) is 0 Å². The van der Waals surface area contributed by atoms with Crippen LogP contribution in [0.5, 0.6) is 5.75 Å². The molecule has 1 fully saturated rings. The molecular formula is C14H19BrO. The zero-order chi connectivity index (χ0) is 11.9. The van der Waals surface area contributed by atoms with Crippen LogP contribution in [0.3, 0.4) is 0 Å². The summed E-state index contributed by atoms with van der Waals surface area (Å²) in [5.74, 6) is 2.13. The van der Waals surface area contributed by atoms with E-state index in [1.165, 1.54) is 12.8 Å². The van der Waals surface area contributed by atoms with Crippen LogP contribution in [0.25, 0.3) is 0 Å². The summed E-state index contributed by atoms with van der Waals surface area (Å²) >= 11 is 3.54. The predicted octanol–water partition coefficient (Wildman–Crippen LogP) is 4.79. The van der Waals surface area contributed by atoms with Gasteiger partial charge in [-0.25, -0.2) is 0 Å². The minimum Gasteiger partial charge on any atom is -0.507 e. The topological polar surface area (TPSA) is 20.2 Å². The van der Waals surface area contributed by atoms with Gasteiger partial charge < -0.3 is 5.11 Å². The van der Waals surface area contributed by atoms with Gasteiger partial charge in [-0.15, -0.1) is 0 Å². The van der Waals surface area contributed by atoms with Crippen LogP contribution >= 0.6 is 15.9 Å². The van der Waals surface area contributed by atoms with Crippen LogP contribution in [0, 0.1) is 5.92 Å². The summed E-state index contributed by atoms with van der Waals surface area (Å²) in [6.07, 6.45) is 2.62. The Morgan fingerprint density at radius 3 is 2.25 bits per heavy atom. The molecular weight excluding hydrogens is 264 g/mol. The molecule has 0 radical (unpaired) electrons. The quantitative estimate of drug-likeness (QED) is 0.845. The lowest BCUT2D eigenvalue weighted by atomic mass is 9.90. The normalized spacial score (nSPS) is 17.8. The predicted molar refractivity (Wildman–Crippen MR) is 71.0 cm³/mol. The van der Waals surface area contributed by atoms with E-state index in [2.05, 4.69) is 42.8 Å². The summed E-state index contributed by atoms with van der Waals surface area (Å²) in [7, 11) is 0. The third-order valence-electron chi connectivity index (χ3n) is 3.58. The minimum atomic E-state index is 0.364. The Labute approximate surface area is 106 Å². The van der Waals surface area contributed by atoms with E-state index in [9.17, 15) is 5.11 Å². The molecule has 88 valence electrons. The lowest BCUT2D eigenvalue weighted by molar-refractivity contribution is 0.448. The molecule has 0 unspecified atom stereocenters. The third-order valence-corrected chi connectivity index (χ3v) is 4.03. The van der Waals surface area contributed by atoms with Gasteiger partial charge in [0, 0.05) is 4.47 Å². The molecule has 0 spiro atoms. The first-order chi connectivity index (χ1) is 7.50. The second-order valence-corrected chi connectivity index (χ2v) is 6.13. The van der Waals surface area contributed by atoms with Crippen LogP contribution < -0.4 is 0 Å². The molecule has 0 bridgehead atoms. The number of phenolic OH excluding ortho intramolecular Hbond substituents is 1. The Hall–Kier alpha value is -0.500. The maximum atomic E-state index is 10.3. The molecule has 0 aliphatic heterocycles. The highest BCUT2D eigenvalue weighted by Crippen LogP contribution is 2.46. The number of benzene rings is 1. The molecule has 1 aromatic carbocycles. The highest BCUT2D eigenvalue weighted by Gasteiger charge is 2.31. The zero-order valence-electron chi connectivity index (χ0n) is 10.1. The van der Waals surface area contributed by atoms with Crippen molar-refractivity contribution in [1.82, 2.24) is 0 Å². The summed E-state index contributed by atoms with van der Waals surface area (Å²) in [5, 5.41) is 10.3. The van der Waals surface area contributed by atoms with Crippen LogP contribution in [0.2, 0.25) is 0 Å². The molecule has 1 aliphatic rings. The van der Waals surface area contributed by atoms with E-state index in [0.717, 1.165) is 21.5 Å². The number of hydrogen-bond donors (Lipinski definition) is 1. The fourth-order valence-corrected chi connectivity index (χ4v) is 2.77. The van der Waals surface area contributed by atoms with Crippen LogP contribution in [-0.4, -0.2) is 5.11 Å². The number of halogens is 1. The summed E-state index contributed by atoms with van der Waals surface area (Å²) in [6, 6.07) is 4.10. The van der Waals surface area contributed by atoms with Gasteiger partial charge >= 0.3 is 0 Å². The first kappa shape index (κ1) is 12.0. The zero-order valence-corrected chi connectivity index (χ0v) is 11.7. The largest absolute Gasteiger partial charge is 0.507 e. The SMILES string of the molecule is CC(C)c1cc(Br)cc([C@H](C)C2CC2)c1O. The van der Waals surface area contributed by atoms with Crippen molar-refractivity contribution >= 4 is 15.9 Å². The summed E-state index contributed by atoms with van der Waals surface area (Å²) in [5.41, 5.74) is 2.16. The van der Waals surface area contributed by atoms with Crippen LogP contribution in [-0.2, 0) is 0 Å². The molecule has 1 saturated carbocycles. The lowest BCUT2D eigenvalue weighted by Crippen LogP contribution is -2.00. The van der Waals surface area contributed by atoms with E-state index in [1.54, 1.807) is 0 Å². The van der Waals surface area contributed by atoms with Gasteiger partial charge in [0.15, 0.2) is 0 Å². The molecule has 1 aliphatic carbocycles. The molecule has 1 N–H and O–H groups in total. The number of hydrogen-bond acceptors (Lipinski definition) is 1. The first-order valence-electron chi connectivity index (χ1n) is 6.03. The van der Waals surface area contributed by atoms with Crippen molar-refractivity contribution in [2.45, 2.75) is 45.4 Å². The second-order valence-electron chi connectivity index (χ2n) is 5.21. The monoisotopic (exact) mass is 282 g/mol. The number of aromatic hydroxyl groups is 1. The summed E-state index contributed by atoms with van der Waals surface area (Å²) in [4.78, 5) is 0. The Bertz CT molecular complexity index is 394. The molecule has 0 saturated heterocycles. The fourth-order valence-electron chi connectivity index (χ4n) is 2.28. The average molecular weight is 283 g/mol. The lowest BCUT2D eigenvalue weighted by Gasteiger charge is -2.18. The van der Waals surface area contributed by atoms with Gasteiger partial charge in [-0.1, -0.05) is 36.7 Å². The van der Waals surface area contributed by atoms with Crippen molar-refractivity contribution in [3.8, 4) is 5.75 Å². The van der Waals surface area contributed by atoms with Gasteiger partial charge in [-0.3, -0.25) is 0 Å². The van der Waals surface area contributed by atoms with Crippen LogP contribution in [0.4, 0.5) is 0 Å². The smallest absolute Gasteiger partial charge is 0.122 e. The van der Waals surface area contributed by atoms with E-state index in [-0.39, 0.29) is 0 Å². The van der Waals surface area contributed by atoms with Crippen molar-refractivity contribution in [3.63, 3.8) is 0 Å². The first-order valence-corrected chi connectivity index (χ1v) is 6.82. The summed E-state index contributed by atoms with van der Waals surface area (Å²) < 4.78 is 1.08. The Morgan fingerprint density at radius 2 is 1.75 bits per heavy atom. The molecule has 1 nitrogen and oxygen atoms in total. The molecule has 0 amide bonds. The van der Waals surface area contributed by atoms with Crippen LogP contribution in [0.15, 0.2) is 16.6 Å². The Kier molecular flexibility index (Phi) is 3.29. The van der Waals surface area contributed by atoms with E-state index in [0.29, 0.717) is 17.6 Å². The van der Waals surface area contributed by atoms with E-state index >= 15 is 0 Å². The van der Waals surface area contributed by atoms with Gasteiger partial charge in [0.1, 0.15) is 5.75 Å². The Morgan fingerprint density at radius 1 is 1.19 bits per heavy atom. The van der Waals surface area contributed by atoms with Crippen molar-refractivity contribution in [2.75, 3.05) is 0 Å². The highest BCUT2D eigenvalue weighted by atomic mass is 79.9. The molecule has 16 heavy (non-hydrogen) atoms. The maximum absolute atomic E-state index is 10.3. The molecule has 1 aromatic rings. The molecule has 1 atom stereocenters. The van der Waals surface area contributed by atoms with Crippen molar-refractivity contribution < 1.29 is 5.11 Å². The summed E-state index contributed by atoms with van der Waals surface area (Å²) in [6.45, 7) is 6.46. The van der Waals surface area contributed by atoms with Crippen molar-refractivity contribution in [2.24, 2.45) is 5.92 Å². The minimum absolute atomic E-state index is 0.364. The standard InChI is InChI=1S/C14H19BrO/c1-8(2)12-6-11(15)7-13(14(12)16)9(3)10-4-5-10/h6-10,16H,4-5H2,1-3H3/t9-/m1/s1. The fraction of sp³-hybridized carbons (Fsp3) is 0.571. The van der Waals surface area contributed by atoms with E-state index in [1.807, 2.05) is 6.07 Å². The van der Waals surface area contributed by atoms with E-state index < -0.39 is 0 Å². The van der Waals surface area contributed by atoms with Crippen molar-refractivity contribution in [1.29, 1.82) is 0 Å². The molecule has 0 aromatic heterocycles. The van der Waals surface area contributed by atoms with Crippen LogP contribution in [0.1, 0.15) is 56.6 Å². The second kappa shape index (κ2) is 4.40. The highest BCUT2D eigenvalue weighted by molar-refractivity contribution is 9.10.